The zero-order valence-electron chi connectivity index (χ0n) is 8.75. The Morgan fingerprint density at radius 2 is 1.77 bits per heavy atom. The highest BCUT2D eigenvalue weighted by Gasteiger charge is 1.96. The molecule has 0 fully saturated rings. The first-order chi connectivity index (χ1) is 6.24. The van der Waals surface area contributed by atoms with Crippen molar-refractivity contribution < 1.29 is 0 Å². The minimum atomic E-state index is 0.629. The second-order valence-corrected chi connectivity index (χ2v) is 3.63. The average Bonchev–Trinajstić information content (AvgIpc) is 2.15. The van der Waals surface area contributed by atoms with E-state index in [0.717, 1.165) is 6.42 Å². The second-order valence-electron chi connectivity index (χ2n) is 3.63. The highest BCUT2D eigenvalue weighted by atomic mass is 14.0. The van der Waals surface area contributed by atoms with Gasteiger partial charge in [0.1, 0.15) is 0 Å². The lowest BCUT2D eigenvalue weighted by Gasteiger charge is -2.04. The Labute approximate surface area is 81.3 Å². The quantitative estimate of drug-likeness (QED) is 0.643. The molecule has 1 rings (SSSR count). The summed E-state index contributed by atoms with van der Waals surface area (Å²) in [5.74, 6) is 0.629. The van der Waals surface area contributed by atoms with Crippen molar-refractivity contribution >= 4 is 6.08 Å². The summed E-state index contributed by atoms with van der Waals surface area (Å²) < 4.78 is 0. The zero-order chi connectivity index (χ0) is 9.68. The van der Waals surface area contributed by atoms with Gasteiger partial charge in [-0.1, -0.05) is 57.2 Å². The number of hydrogen-bond donors (Lipinski definition) is 0. The van der Waals surface area contributed by atoms with Gasteiger partial charge in [0.2, 0.25) is 0 Å². The van der Waals surface area contributed by atoms with E-state index < -0.39 is 0 Å². The molecule has 1 aromatic rings. The smallest absolute Gasteiger partial charge is 0.0219 e. The summed E-state index contributed by atoms with van der Waals surface area (Å²) in [5.41, 5.74) is 2.71. The van der Waals surface area contributed by atoms with E-state index >= 15 is 0 Å². The third kappa shape index (κ3) is 3.06. The lowest BCUT2D eigenvalue weighted by molar-refractivity contribution is 0.866. The first-order valence-corrected chi connectivity index (χ1v) is 5.00. The van der Waals surface area contributed by atoms with E-state index in [2.05, 4.69) is 57.2 Å². The zero-order valence-corrected chi connectivity index (χ0v) is 8.75. The maximum Gasteiger partial charge on any atom is -0.0219 e. The first kappa shape index (κ1) is 10.0. The lowest BCUT2D eigenvalue weighted by atomic mass is 10.0. The highest BCUT2D eigenvalue weighted by Crippen LogP contribution is 2.15. The van der Waals surface area contributed by atoms with Crippen LogP contribution in [0.4, 0.5) is 0 Å². The molecule has 0 unspecified atom stereocenters. The van der Waals surface area contributed by atoms with Crippen LogP contribution in [-0.4, -0.2) is 0 Å². The fourth-order valence-electron chi connectivity index (χ4n) is 1.25. The maximum atomic E-state index is 2.22. The molecule has 0 heterocycles. The number of benzene rings is 1. The van der Waals surface area contributed by atoms with Crippen molar-refractivity contribution in [1.29, 1.82) is 0 Å². The predicted molar refractivity (Wildman–Crippen MR) is 59.9 cm³/mol. The molecule has 0 spiro atoms. The monoisotopic (exact) mass is 174 g/mol. The molecule has 0 aliphatic rings. The van der Waals surface area contributed by atoms with Crippen molar-refractivity contribution in [2.45, 2.75) is 33.1 Å². The van der Waals surface area contributed by atoms with Crippen LogP contribution in [0.25, 0.3) is 6.08 Å². The molecule has 0 heteroatoms. The van der Waals surface area contributed by atoms with E-state index in [0.29, 0.717) is 5.92 Å². The molecule has 13 heavy (non-hydrogen) atoms. The van der Waals surface area contributed by atoms with Gasteiger partial charge in [0, 0.05) is 0 Å². The van der Waals surface area contributed by atoms with Crippen LogP contribution in [0.3, 0.4) is 0 Å². The van der Waals surface area contributed by atoms with E-state index in [1.54, 1.807) is 0 Å². The summed E-state index contributed by atoms with van der Waals surface area (Å²) in [6.07, 6.45) is 5.46. The van der Waals surface area contributed by atoms with Gasteiger partial charge in [-0.3, -0.25) is 0 Å². The third-order valence-electron chi connectivity index (χ3n) is 2.15. The molecule has 0 aliphatic carbocycles. The predicted octanol–water partition coefficient (Wildman–Crippen LogP) is 4.23. The Morgan fingerprint density at radius 1 is 1.15 bits per heavy atom. The molecule has 70 valence electrons. The van der Waals surface area contributed by atoms with Crippen LogP contribution in [0.5, 0.6) is 0 Å². The largest absolute Gasteiger partial charge is 0.0842 e. The normalized spacial score (nSPS) is 11.4. The average molecular weight is 174 g/mol. The molecule has 0 amide bonds. The van der Waals surface area contributed by atoms with Crippen molar-refractivity contribution in [3.63, 3.8) is 0 Å². The molecule has 0 atom stereocenters. The van der Waals surface area contributed by atoms with E-state index in [4.69, 9.17) is 0 Å². The highest BCUT2D eigenvalue weighted by molar-refractivity contribution is 5.49. The van der Waals surface area contributed by atoms with Crippen LogP contribution in [0, 0.1) is 0 Å². The molecule has 0 saturated heterocycles. The van der Waals surface area contributed by atoms with Crippen LogP contribution >= 0.6 is 0 Å². The molecule has 0 aromatic heterocycles. The van der Waals surface area contributed by atoms with Gasteiger partial charge < -0.3 is 0 Å². The second kappa shape index (κ2) is 4.86. The van der Waals surface area contributed by atoms with Crippen LogP contribution in [0.2, 0.25) is 0 Å². The maximum absolute atomic E-state index is 2.22. The first-order valence-electron chi connectivity index (χ1n) is 5.00. The van der Waals surface area contributed by atoms with Gasteiger partial charge in [-0.25, -0.2) is 0 Å². The summed E-state index contributed by atoms with van der Waals surface area (Å²) in [5, 5.41) is 0. The Kier molecular flexibility index (Phi) is 3.75. The molecule has 0 aliphatic heterocycles. The molecule has 0 saturated carbocycles. The summed E-state index contributed by atoms with van der Waals surface area (Å²) in [6, 6.07) is 8.78. The minimum Gasteiger partial charge on any atom is -0.0842 e. The minimum absolute atomic E-state index is 0.629. The Morgan fingerprint density at radius 3 is 2.23 bits per heavy atom. The molecule has 1 aromatic carbocycles. The Bertz CT molecular complexity index is 265. The van der Waals surface area contributed by atoms with Gasteiger partial charge in [0.15, 0.2) is 0 Å². The van der Waals surface area contributed by atoms with Crippen molar-refractivity contribution in [3.05, 3.63) is 41.5 Å². The van der Waals surface area contributed by atoms with Crippen LogP contribution < -0.4 is 0 Å². The van der Waals surface area contributed by atoms with Crippen molar-refractivity contribution in [2.75, 3.05) is 0 Å². The van der Waals surface area contributed by atoms with Gasteiger partial charge in [0.25, 0.3) is 0 Å². The summed E-state index contributed by atoms with van der Waals surface area (Å²) in [7, 11) is 0. The molecule has 0 nitrogen and oxygen atoms in total. The lowest BCUT2D eigenvalue weighted by Crippen LogP contribution is -1.85. The van der Waals surface area contributed by atoms with Crippen molar-refractivity contribution in [2.24, 2.45) is 0 Å². The van der Waals surface area contributed by atoms with E-state index in [1.165, 1.54) is 11.1 Å². The molecular weight excluding hydrogens is 156 g/mol. The summed E-state index contributed by atoms with van der Waals surface area (Å²) in [4.78, 5) is 0. The Balaban J connectivity index is 2.75. The van der Waals surface area contributed by atoms with Crippen LogP contribution in [0.15, 0.2) is 30.3 Å². The van der Waals surface area contributed by atoms with Crippen LogP contribution in [0.1, 0.15) is 44.2 Å². The number of rotatable bonds is 3. The molecule has 0 N–H and O–H groups in total. The standard InChI is InChI=1S/C13H18/c1-4-5-6-12-7-9-13(10-8-12)11(2)3/h5-11H,4H2,1-3H3/b6-5+. The number of hydrogen-bond acceptors (Lipinski definition) is 0. The van der Waals surface area contributed by atoms with Gasteiger partial charge in [-0.2, -0.15) is 0 Å². The summed E-state index contributed by atoms with van der Waals surface area (Å²) in [6.45, 7) is 6.59. The van der Waals surface area contributed by atoms with Gasteiger partial charge in [0.05, 0.1) is 0 Å². The fourth-order valence-corrected chi connectivity index (χ4v) is 1.25. The molecule has 0 bridgehead atoms. The Hall–Kier alpha value is -1.04. The molecular formula is C13H18. The fraction of sp³-hybridized carbons (Fsp3) is 0.385. The topological polar surface area (TPSA) is 0 Å². The molecule has 0 radical (unpaired) electrons. The van der Waals surface area contributed by atoms with Crippen molar-refractivity contribution in [3.8, 4) is 0 Å². The SMILES string of the molecule is CC/C=C/c1ccc(C(C)C)cc1. The third-order valence-corrected chi connectivity index (χ3v) is 2.15. The van der Waals surface area contributed by atoms with Gasteiger partial charge in [-0.15, -0.1) is 0 Å². The van der Waals surface area contributed by atoms with Gasteiger partial charge >= 0.3 is 0 Å². The van der Waals surface area contributed by atoms with Crippen LogP contribution in [-0.2, 0) is 0 Å². The van der Waals surface area contributed by atoms with Gasteiger partial charge in [-0.05, 0) is 23.5 Å². The van der Waals surface area contributed by atoms with E-state index in [1.807, 2.05) is 0 Å². The van der Waals surface area contributed by atoms with Crippen molar-refractivity contribution in [1.82, 2.24) is 0 Å². The summed E-state index contributed by atoms with van der Waals surface area (Å²) >= 11 is 0. The number of allylic oxidation sites excluding steroid dienone is 1. The van der Waals surface area contributed by atoms with E-state index in [-0.39, 0.29) is 0 Å². The van der Waals surface area contributed by atoms with E-state index in [9.17, 15) is 0 Å².